The highest BCUT2D eigenvalue weighted by Crippen LogP contribution is 2.37. The molecule has 1 unspecified atom stereocenters. The molecule has 0 aromatic heterocycles. The molecule has 1 aliphatic carbocycles. The highest BCUT2D eigenvalue weighted by molar-refractivity contribution is 5.74. The first-order valence-corrected chi connectivity index (χ1v) is 7.03. The van der Waals surface area contributed by atoms with Gasteiger partial charge in [-0.1, -0.05) is 18.6 Å². The third-order valence-corrected chi connectivity index (χ3v) is 3.79. The number of hydrogen-bond donors (Lipinski definition) is 3. The van der Waals surface area contributed by atoms with E-state index >= 15 is 0 Å². The first-order valence-electron chi connectivity index (χ1n) is 7.03. The smallest absolute Gasteiger partial charge is 0.315 e. The Morgan fingerprint density at radius 2 is 2.00 bits per heavy atom. The van der Waals surface area contributed by atoms with Crippen molar-refractivity contribution in [2.45, 2.75) is 38.3 Å². The molecule has 0 saturated heterocycles. The number of urea groups is 1. The molecule has 2 amide bonds. The van der Waals surface area contributed by atoms with Gasteiger partial charge in [-0.2, -0.15) is 0 Å². The van der Waals surface area contributed by atoms with Crippen LogP contribution < -0.4 is 10.6 Å². The number of aliphatic hydroxyl groups excluding tert-OH is 1. The molecule has 2 atom stereocenters. The Hall–Kier alpha value is -1.62. The van der Waals surface area contributed by atoms with Crippen LogP contribution in [0.3, 0.4) is 0 Å². The number of halogens is 1. The van der Waals surface area contributed by atoms with Crippen LogP contribution in [0.25, 0.3) is 0 Å². The fourth-order valence-corrected chi connectivity index (χ4v) is 2.37. The van der Waals surface area contributed by atoms with Gasteiger partial charge in [0.2, 0.25) is 0 Å². The van der Waals surface area contributed by atoms with Crippen molar-refractivity contribution in [2.75, 3.05) is 6.61 Å². The number of benzene rings is 1. The van der Waals surface area contributed by atoms with E-state index in [0.29, 0.717) is 5.92 Å². The van der Waals surface area contributed by atoms with Gasteiger partial charge >= 0.3 is 6.03 Å². The monoisotopic (exact) mass is 280 g/mol. The molecule has 1 aromatic rings. The Balaban J connectivity index is 2.04. The number of carbonyl (C=O) groups excluding carboxylic acids is 1. The third kappa shape index (κ3) is 3.70. The lowest BCUT2D eigenvalue weighted by atomic mass is 9.77. The Bertz CT molecular complexity index is 446. The largest absolute Gasteiger partial charge is 0.394 e. The fraction of sp³-hybridized carbons (Fsp3) is 0.533. The second-order valence-electron chi connectivity index (χ2n) is 5.42. The standard InChI is InChI=1S/C15H21FN2O2/c1-10(9-19)17-15(20)18-14(11-3-2-4-11)12-5-7-13(16)8-6-12/h5-8,10-11,14,19H,2-4,9H2,1H3,(H2,17,18,20)/t10-,14?/m0/s1. The Morgan fingerprint density at radius 3 is 2.50 bits per heavy atom. The van der Waals surface area contributed by atoms with Gasteiger partial charge in [0, 0.05) is 0 Å². The van der Waals surface area contributed by atoms with Crippen molar-refractivity contribution >= 4 is 6.03 Å². The Labute approximate surface area is 118 Å². The SMILES string of the molecule is C[C@@H](CO)NC(=O)NC(c1ccc(F)cc1)C1CCC1. The fourth-order valence-electron chi connectivity index (χ4n) is 2.37. The maximum absolute atomic E-state index is 13.0. The van der Waals surface area contributed by atoms with E-state index in [0.717, 1.165) is 18.4 Å². The van der Waals surface area contributed by atoms with E-state index in [4.69, 9.17) is 5.11 Å². The summed E-state index contributed by atoms with van der Waals surface area (Å²) in [6, 6.07) is 5.57. The van der Waals surface area contributed by atoms with Gasteiger partial charge in [-0.3, -0.25) is 0 Å². The lowest BCUT2D eigenvalue weighted by molar-refractivity contribution is 0.197. The predicted molar refractivity (Wildman–Crippen MR) is 74.7 cm³/mol. The topological polar surface area (TPSA) is 61.4 Å². The quantitative estimate of drug-likeness (QED) is 0.775. The molecule has 3 N–H and O–H groups in total. The molecule has 1 fully saturated rings. The van der Waals surface area contributed by atoms with E-state index in [2.05, 4.69) is 10.6 Å². The molecule has 0 aliphatic heterocycles. The van der Waals surface area contributed by atoms with E-state index in [-0.39, 0.29) is 30.5 Å². The van der Waals surface area contributed by atoms with Gasteiger partial charge in [0.1, 0.15) is 5.82 Å². The number of nitrogens with one attached hydrogen (secondary N) is 2. The van der Waals surface area contributed by atoms with Gasteiger partial charge in [-0.25, -0.2) is 9.18 Å². The summed E-state index contributed by atoms with van der Waals surface area (Å²) in [5, 5.41) is 14.6. The summed E-state index contributed by atoms with van der Waals surface area (Å²) < 4.78 is 13.0. The summed E-state index contributed by atoms with van der Waals surface area (Å²) in [5.74, 6) is 0.120. The van der Waals surface area contributed by atoms with Crippen LogP contribution in [-0.4, -0.2) is 23.8 Å². The van der Waals surface area contributed by atoms with Crippen molar-refractivity contribution in [3.8, 4) is 0 Å². The van der Waals surface area contributed by atoms with E-state index in [1.165, 1.54) is 18.6 Å². The minimum atomic E-state index is -0.298. The number of amides is 2. The van der Waals surface area contributed by atoms with Gasteiger partial charge in [-0.05, 0) is 43.4 Å². The van der Waals surface area contributed by atoms with Crippen LogP contribution >= 0.6 is 0 Å². The maximum atomic E-state index is 13.0. The lowest BCUT2D eigenvalue weighted by Gasteiger charge is -2.34. The average molecular weight is 280 g/mol. The van der Waals surface area contributed by atoms with Gasteiger partial charge in [0.15, 0.2) is 0 Å². The van der Waals surface area contributed by atoms with E-state index in [1.54, 1.807) is 19.1 Å². The normalized spacial score (nSPS) is 17.9. The van der Waals surface area contributed by atoms with E-state index in [1.807, 2.05) is 0 Å². The average Bonchev–Trinajstić information content (AvgIpc) is 2.36. The predicted octanol–water partition coefficient (Wildman–Crippen LogP) is 2.35. The van der Waals surface area contributed by atoms with Crippen LogP contribution in [0, 0.1) is 11.7 Å². The molecular formula is C15H21FN2O2. The summed E-state index contributed by atoms with van der Waals surface area (Å²) in [5.41, 5.74) is 0.919. The molecule has 0 spiro atoms. The van der Waals surface area contributed by atoms with E-state index in [9.17, 15) is 9.18 Å². The molecule has 20 heavy (non-hydrogen) atoms. The second kappa shape index (κ2) is 6.70. The molecule has 0 radical (unpaired) electrons. The summed E-state index contributed by atoms with van der Waals surface area (Å²) in [6.45, 7) is 1.63. The minimum absolute atomic E-state index is 0.0991. The summed E-state index contributed by atoms with van der Waals surface area (Å²) in [7, 11) is 0. The van der Waals surface area contributed by atoms with Crippen LogP contribution in [0.5, 0.6) is 0 Å². The van der Waals surface area contributed by atoms with Crippen LogP contribution in [0.4, 0.5) is 9.18 Å². The van der Waals surface area contributed by atoms with Crippen molar-refractivity contribution in [3.63, 3.8) is 0 Å². The summed E-state index contributed by atoms with van der Waals surface area (Å²) in [4.78, 5) is 11.9. The first kappa shape index (κ1) is 14.8. The zero-order valence-corrected chi connectivity index (χ0v) is 11.6. The highest BCUT2D eigenvalue weighted by atomic mass is 19.1. The Kier molecular flexibility index (Phi) is 4.95. The van der Waals surface area contributed by atoms with Crippen molar-refractivity contribution in [1.29, 1.82) is 0 Å². The van der Waals surface area contributed by atoms with Gasteiger partial charge in [0.05, 0.1) is 18.7 Å². The zero-order valence-electron chi connectivity index (χ0n) is 11.6. The molecule has 0 bridgehead atoms. The van der Waals surface area contributed by atoms with Crippen molar-refractivity contribution in [1.82, 2.24) is 10.6 Å². The summed E-state index contributed by atoms with van der Waals surface area (Å²) >= 11 is 0. The highest BCUT2D eigenvalue weighted by Gasteiger charge is 2.29. The van der Waals surface area contributed by atoms with Gasteiger partial charge in [0.25, 0.3) is 0 Å². The molecule has 5 heteroatoms. The molecule has 4 nitrogen and oxygen atoms in total. The molecule has 2 rings (SSSR count). The number of aliphatic hydroxyl groups is 1. The first-order chi connectivity index (χ1) is 9.60. The maximum Gasteiger partial charge on any atom is 0.315 e. The minimum Gasteiger partial charge on any atom is -0.394 e. The van der Waals surface area contributed by atoms with Gasteiger partial charge < -0.3 is 15.7 Å². The molecule has 1 saturated carbocycles. The Morgan fingerprint density at radius 1 is 1.35 bits per heavy atom. The van der Waals surface area contributed by atoms with Crippen molar-refractivity contribution in [3.05, 3.63) is 35.6 Å². The van der Waals surface area contributed by atoms with Crippen LogP contribution in [-0.2, 0) is 0 Å². The number of rotatable bonds is 5. The third-order valence-electron chi connectivity index (χ3n) is 3.79. The molecule has 0 heterocycles. The second-order valence-corrected chi connectivity index (χ2v) is 5.42. The van der Waals surface area contributed by atoms with Gasteiger partial charge in [-0.15, -0.1) is 0 Å². The molecular weight excluding hydrogens is 259 g/mol. The number of hydrogen-bond acceptors (Lipinski definition) is 2. The number of carbonyl (C=O) groups is 1. The van der Waals surface area contributed by atoms with Crippen LogP contribution in [0.1, 0.15) is 37.8 Å². The zero-order chi connectivity index (χ0) is 14.5. The molecule has 1 aromatic carbocycles. The van der Waals surface area contributed by atoms with E-state index < -0.39 is 0 Å². The lowest BCUT2D eigenvalue weighted by Crippen LogP contribution is -2.46. The van der Waals surface area contributed by atoms with Crippen LogP contribution in [0.15, 0.2) is 24.3 Å². The van der Waals surface area contributed by atoms with Crippen molar-refractivity contribution in [2.24, 2.45) is 5.92 Å². The molecule has 110 valence electrons. The van der Waals surface area contributed by atoms with Crippen molar-refractivity contribution < 1.29 is 14.3 Å². The van der Waals surface area contributed by atoms with Crippen LogP contribution in [0.2, 0.25) is 0 Å². The molecule has 1 aliphatic rings. The summed E-state index contributed by atoms with van der Waals surface area (Å²) in [6.07, 6.45) is 3.30.